The molecule has 1 aliphatic carbocycles. The van der Waals surface area contributed by atoms with E-state index in [9.17, 15) is 0 Å². The smallest absolute Gasteiger partial charge is 0.129 e. The standard InChI is InChI=1S/C23H22N2O/c1-2-5-20-19(4-1)23-21(25-20)6-3-7-22(23)26-15-17-10-8-16(9-11-17)14-24-18-12-13-18/h1-11,18,24-25H,12-15H2. The van der Waals surface area contributed by atoms with Crippen LogP contribution in [0.1, 0.15) is 24.0 Å². The predicted molar refractivity (Wildman–Crippen MR) is 106 cm³/mol. The number of fused-ring (bicyclic) bond motifs is 3. The summed E-state index contributed by atoms with van der Waals surface area (Å²) in [6, 6.07) is 24.0. The average Bonchev–Trinajstić information content (AvgIpc) is 3.44. The van der Waals surface area contributed by atoms with E-state index in [0.717, 1.165) is 34.8 Å². The fraction of sp³-hybridized carbons (Fsp3) is 0.217. The van der Waals surface area contributed by atoms with E-state index in [1.54, 1.807) is 0 Å². The van der Waals surface area contributed by atoms with Crippen LogP contribution in [0, 0.1) is 0 Å². The molecule has 0 spiro atoms. The number of H-pyrrole nitrogens is 1. The highest BCUT2D eigenvalue weighted by molar-refractivity contribution is 6.10. The van der Waals surface area contributed by atoms with Gasteiger partial charge < -0.3 is 15.0 Å². The first-order chi connectivity index (χ1) is 12.9. The number of aromatic amines is 1. The summed E-state index contributed by atoms with van der Waals surface area (Å²) in [6.45, 7) is 1.54. The molecule has 5 rings (SSSR count). The maximum Gasteiger partial charge on any atom is 0.129 e. The minimum Gasteiger partial charge on any atom is -0.488 e. The number of para-hydroxylation sites is 1. The Bertz CT molecular complexity index is 1040. The molecule has 0 radical (unpaired) electrons. The number of rotatable bonds is 6. The van der Waals surface area contributed by atoms with Crippen molar-refractivity contribution >= 4 is 21.8 Å². The number of nitrogens with one attached hydrogen (secondary N) is 2. The van der Waals surface area contributed by atoms with Crippen molar-refractivity contribution in [3.05, 3.63) is 77.9 Å². The van der Waals surface area contributed by atoms with Crippen LogP contribution in [0.3, 0.4) is 0 Å². The number of ether oxygens (including phenoxy) is 1. The van der Waals surface area contributed by atoms with Crippen LogP contribution in [0.4, 0.5) is 0 Å². The van der Waals surface area contributed by atoms with Crippen molar-refractivity contribution in [2.24, 2.45) is 0 Å². The molecule has 1 heterocycles. The Hall–Kier alpha value is -2.78. The van der Waals surface area contributed by atoms with Crippen molar-refractivity contribution < 1.29 is 4.74 Å². The molecule has 0 amide bonds. The molecule has 0 bridgehead atoms. The normalized spacial score (nSPS) is 14.2. The molecular weight excluding hydrogens is 320 g/mol. The first-order valence-electron chi connectivity index (χ1n) is 9.30. The summed E-state index contributed by atoms with van der Waals surface area (Å²) in [5.41, 5.74) is 4.78. The quantitative estimate of drug-likeness (QED) is 0.508. The van der Waals surface area contributed by atoms with Crippen LogP contribution in [-0.4, -0.2) is 11.0 Å². The molecule has 1 saturated carbocycles. The van der Waals surface area contributed by atoms with E-state index >= 15 is 0 Å². The van der Waals surface area contributed by atoms with Crippen LogP contribution in [0.15, 0.2) is 66.7 Å². The average molecular weight is 342 g/mol. The molecule has 0 aliphatic heterocycles. The first-order valence-corrected chi connectivity index (χ1v) is 9.30. The number of benzene rings is 3. The Morgan fingerprint density at radius 3 is 2.46 bits per heavy atom. The molecule has 1 aliphatic rings. The summed E-state index contributed by atoms with van der Waals surface area (Å²) in [7, 11) is 0. The lowest BCUT2D eigenvalue weighted by molar-refractivity contribution is 0.310. The third-order valence-electron chi connectivity index (χ3n) is 5.08. The van der Waals surface area contributed by atoms with E-state index in [1.165, 1.54) is 29.4 Å². The molecule has 1 fully saturated rings. The fourth-order valence-corrected chi connectivity index (χ4v) is 3.45. The minimum absolute atomic E-state index is 0.578. The van der Waals surface area contributed by atoms with Gasteiger partial charge in [-0.15, -0.1) is 0 Å². The van der Waals surface area contributed by atoms with Crippen molar-refractivity contribution in [2.75, 3.05) is 0 Å². The van der Waals surface area contributed by atoms with E-state index in [4.69, 9.17) is 4.74 Å². The van der Waals surface area contributed by atoms with Gasteiger partial charge in [0.05, 0.1) is 5.52 Å². The molecule has 4 aromatic rings. The molecular formula is C23H22N2O. The maximum atomic E-state index is 6.18. The largest absolute Gasteiger partial charge is 0.488 e. The Morgan fingerprint density at radius 2 is 1.62 bits per heavy atom. The SMILES string of the molecule is c1ccc2c(c1)[nH]c1cccc(OCc3ccc(CNC4CC4)cc3)c12. The van der Waals surface area contributed by atoms with Crippen LogP contribution in [-0.2, 0) is 13.2 Å². The Labute approximate surface area is 153 Å². The minimum atomic E-state index is 0.578. The zero-order chi connectivity index (χ0) is 17.3. The van der Waals surface area contributed by atoms with Crippen LogP contribution < -0.4 is 10.1 Å². The van der Waals surface area contributed by atoms with E-state index in [0.29, 0.717) is 6.61 Å². The Kier molecular flexibility index (Phi) is 3.87. The van der Waals surface area contributed by atoms with Crippen LogP contribution >= 0.6 is 0 Å². The summed E-state index contributed by atoms with van der Waals surface area (Å²) >= 11 is 0. The van der Waals surface area contributed by atoms with Gasteiger partial charge in [0.2, 0.25) is 0 Å². The van der Waals surface area contributed by atoms with Gasteiger partial charge in [-0.05, 0) is 42.2 Å². The van der Waals surface area contributed by atoms with E-state index in [2.05, 4.69) is 71.0 Å². The zero-order valence-corrected chi connectivity index (χ0v) is 14.7. The third-order valence-corrected chi connectivity index (χ3v) is 5.08. The van der Waals surface area contributed by atoms with Gasteiger partial charge in [0.15, 0.2) is 0 Å². The number of hydrogen-bond acceptors (Lipinski definition) is 2. The van der Waals surface area contributed by atoms with Crippen LogP contribution in [0.5, 0.6) is 5.75 Å². The van der Waals surface area contributed by atoms with Gasteiger partial charge in [-0.1, -0.05) is 48.5 Å². The Balaban J connectivity index is 1.34. The lowest BCUT2D eigenvalue weighted by Gasteiger charge is -2.09. The second-order valence-electron chi connectivity index (χ2n) is 7.11. The first kappa shape index (κ1) is 15.5. The summed E-state index contributed by atoms with van der Waals surface area (Å²) in [6.07, 6.45) is 2.65. The van der Waals surface area contributed by atoms with Crippen LogP contribution in [0.25, 0.3) is 21.8 Å². The van der Waals surface area contributed by atoms with Crippen molar-refractivity contribution in [1.82, 2.24) is 10.3 Å². The van der Waals surface area contributed by atoms with Crippen LogP contribution in [0.2, 0.25) is 0 Å². The van der Waals surface area contributed by atoms with Gasteiger partial charge in [0.1, 0.15) is 12.4 Å². The summed E-state index contributed by atoms with van der Waals surface area (Å²) < 4.78 is 6.18. The molecule has 2 N–H and O–H groups in total. The highest BCUT2D eigenvalue weighted by atomic mass is 16.5. The summed E-state index contributed by atoms with van der Waals surface area (Å²) in [5, 5.41) is 5.92. The molecule has 3 heteroatoms. The van der Waals surface area contributed by atoms with Gasteiger partial charge in [0.25, 0.3) is 0 Å². The topological polar surface area (TPSA) is 37.0 Å². The molecule has 1 aromatic heterocycles. The van der Waals surface area contributed by atoms with Crippen molar-refractivity contribution in [2.45, 2.75) is 32.0 Å². The molecule has 26 heavy (non-hydrogen) atoms. The highest BCUT2D eigenvalue weighted by Crippen LogP contribution is 2.33. The number of aromatic nitrogens is 1. The summed E-state index contributed by atoms with van der Waals surface area (Å²) in [4.78, 5) is 3.47. The maximum absolute atomic E-state index is 6.18. The van der Waals surface area contributed by atoms with E-state index in [-0.39, 0.29) is 0 Å². The molecule has 130 valence electrons. The third kappa shape index (κ3) is 3.06. The van der Waals surface area contributed by atoms with Gasteiger partial charge in [-0.3, -0.25) is 0 Å². The van der Waals surface area contributed by atoms with Gasteiger partial charge in [-0.2, -0.15) is 0 Å². The van der Waals surface area contributed by atoms with Crippen molar-refractivity contribution in [3.8, 4) is 5.75 Å². The van der Waals surface area contributed by atoms with E-state index in [1.807, 2.05) is 6.07 Å². The fourth-order valence-electron chi connectivity index (χ4n) is 3.45. The molecule has 0 unspecified atom stereocenters. The van der Waals surface area contributed by atoms with Gasteiger partial charge >= 0.3 is 0 Å². The lowest BCUT2D eigenvalue weighted by Crippen LogP contribution is -2.15. The monoisotopic (exact) mass is 342 g/mol. The summed E-state index contributed by atoms with van der Waals surface area (Å²) in [5.74, 6) is 0.930. The van der Waals surface area contributed by atoms with Gasteiger partial charge in [0, 0.05) is 28.9 Å². The van der Waals surface area contributed by atoms with Crippen molar-refractivity contribution in [3.63, 3.8) is 0 Å². The zero-order valence-electron chi connectivity index (χ0n) is 14.7. The Morgan fingerprint density at radius 1 is 0.846 bits per heavy atom. The molecule has 0 saturated heterocycles. The van der Waals surface area contributed by atoms with E-state index < -0.39 is 0 Å². The second kappa shape index (κ2) is 6.50. The van der Waals surface area contributed by atoms with Gasteiger partial charge in [-0.25, -0.2) is 0 Å². The molecule has 3 aromatic carbocycles. The highest BCUT2D eigenvalue weighted by Gasteiger charge is 2.19. The number of hydrogen-bond donors (Lipinski definition) is 2. The molecule has 0 atom stereocenters. The lowest BCUT2D eigenvalue weighted by atomic mass is 10.1. The second-order valence-corrected chi connectivity index (χ2v) is 7.11. The molecule has 3 nitrogen and oxygen atoms in total. The predicted octanol–water partition coefficient (Wildman–Crippen LogP) is 5.15. The van der Waals surface area contributed by atoms with Crippen molar-refractivity contribution in [1.29, 1.82) is 0 Å².